The van der Waals surface area contributed by atoms with E-state index in [9.17, 15) is 0 Å². The molecule has 1 aromatic heterocycles. The second-order valence-electron chi connectivity index (χ2n) is 4.54. The molecule has 2 N–H and O–H groups in total. The first kappa shape index (κ1) is 13.7. The Kier molecular flexibility index (Phi) is 5.69. The first-order chi connectivity index (χ1) is 8.13. The highest BCUT2D eigenvalue weighted by Crippen LogP contribution is 2.13. The Labute approximate surface area is 103 Å². The van der Waals surface area contributed by atoms with Crippen molar-refractivity contribution in [1.29, 1.82) is 0 Å². The van der Waals surface area contributed by atoms with Crippen LogP contribution in [-0.4, -0.2) is 41.8 Å². The third-order valence-corrected chi connectivity index (χ3v) is 2.32. The van der Waals surface area contributed by atoms with Crippen molar-refractivity contribution < 1.29 is 5.11 Å². The van der Waals surface area contributed by atoms with Crippen molar-refractivity contribution in [2.45, 2.75) is 20.3 Å². The summed E-state index contributed by atoms with van der Waals surface area (Å²) < 4.78 is 0. The molecule has 5 heteroatoms. The molecule has 0 amide bonds. The van der Waals surface area contributed by atoms with Crippen molar-refractivity contribution in [2.75, 3.05) is 37.0 Å². The topological polar surface area (TPSA) is 61.3 Å². The quantitative estimate of drug-likeness (QED) is 0.702. The zero-order chi connectivity index (χ0) is 12.7. The van der Waals surface area contributed by atoms with E-state index in [-0.39, 0.29) is 6.61 Å². The van der Waals surface area contributed by atoms with Gasteiger partial charge in [-0.1, -0.05) is 13.8 Å². The summed E-state index contributed by atoms with van der Waals surface area (Å²) in [5, 5.41) is 11.9. The molecule has 5 nitrogen and oxygen atoms in total. The van der Waals surface area contributed by atoms with E-state index < -0.39 is 0 Å². The summed E-state index contributed by atoms with van der Waals surface area (Å²) in [5.41, 5.74) is 0. The highest BCUT2D eigenvalue weighted by molar-refractivity contribution is 5.47. The fraction of sp³-hybridized carbons (Fsp3) is 0.667. The van der Waals surface area contributed by atoms with Crippen LogP contribution in [0.2, 0.25) is 0 Å². The molecule has 0 aliphatic heterocycles. The largest absolute Gasteiger partial charge is 0.396 e. The first-order valence-electron chi connectivity index (χ1n) is 6.01. The van der Waals surface area contributed by atoms with Gasteiger partial charge in [0.15, 0.2) is 0 Å². The van der Waals surface area contributed by atoms with E-state index in [0.717, 1.165) is 31.1 Å². The normalized spacial score (nSPS) is 10.6. The Hall–Kier alpha value is -1.36. The van der Waals surface area contributed by atoms with Crippen LogP contribution in [0.3, 0.4) is 0 Å². The summed E-state index contributed by atoms with van der Waals surface area (Å²) in [6.07, 6.45) is 2.29. The molecule has 1 heterocycles. The van der Waals surface area contributed by atoms with Gasteiger partial charge in [-0.3, -0.25) is 0 Å². The van der Waals surface area contributed by atoms with Crippen LogP contribution in [0.25, 0.3) is 0 Å². The maximum atomic E-state index is 8.71. The number of hydrogen-bond acceptors (Lipinski definition) is 5. The van der Waals surface area contributed by atoms with Crippen molar-refractivity contribution in [3.05, 3.63) is 12.4 Å². The van der Waals surface area contributed by atoms with E-state index in [0.29, 0.717) is 5.92 Å². The second kappa shape index (κ2) is 7.06. The Morgan fingerprint density at radius 1 is 1.41 bits per heavy atom. The molecule has 0 saturated heterocycles. The molecule has 96 valence electrons. The van der Waals surface area contributed by atoms with Gasteiger partial charge >= 0.3 is 0 Å². The Morgan fingerprint density at radius 3 is 2.82 bits per heavy atom. The van der Waals surface area contributed by atoms with Crippen molar-refractivity contribution in [3.63, 3.8) is 0 Å². The van der Waals surface area contributed by atoms with Crippen LogP contribution in [0.15, 0.2) is 12.4 Å². The van der Waals surface area contributed by atoms with E-state index >= 15 is 0 Å². The van der Waals surface area contributed by atoms with Gasteiger partial charge < -0.3 is 15.3 Å². The molecule has 0 saturated carbocycles. The Balaban J connectivity index is 2.58. The highest BCUT2D eigenvalue weighted by Gasteiger charge is 2.05. The fourth-order valence-electron chi connectivity index (χ4n) is 1.59. The fourth-order valence-corrected chi connectivity index (χ4v) is 1.59. The minimum absolute atomic E-state index is 0.193. The molecule has 0 radical (unpaired) electrons. The minimum atomic E-state index is 0.193. The lowest BCUT2D eigenvalue weighted by Gasteiger charge is -2.20. The van der Waals surface area contributed by atoms with Crippen LogP contribution in [0.1, 0.15) is 20.3 Å². The summed E-state index contributed by atoms with van der Waals surface area (Å²) in [4.78, 5) is 10.5. The lowest BCUT2D eigenvalue weighted by atomic mass is 10.2. The number of aliphatic hydroxyl groups is 1. The molecule has 0 spiro atoms. The van der Waals surface area contributed by atoms with E-state index in [2.05, 4.69) is 34.0 Å². The van der Waals surface area contributed by atoms with Crippen LogP contribution < -0.4 is 10.2 Å². The maximum Gasteiger partial charge on any atom is 0.133 e. The SMILES string of the molecule is CC(C)CN(C)c1cc(NCCCO)ncn1. The third kappa shape index (κ3) is 4.99. The third-order valence-electron chi connectivity index (χ3n) is 2.32. The highest BCUT2D eigenvalue weighted by atomic mass is 16.3. The number of nitrogens with one attached hydrogen (secondary N) is 1. The minimum Gasteiger partial charge on any atom is -0.396 e. The van der Waals surface area contributed by atoms with Gasteiger partial charge in [-0.25, -0.2) is 9.97 Å². The predicted octanol–water partition coefficient (Wildman–Crippen LogP) is 1.36. The maximum absolute atomic E-state index is 8.71. The zero-order valence-electron chi connectivity index (χ0n) is 10.8. The summed E-state index contributed by atoms with van der Waals surface area (Å²) in [7, 11) is 2.03. The van der Waals surface area contributed by atoms with Gasteiger partial charge in [0.05, 0.1) is 0 Å². The lowest BCUT2D eigenvalue weighted by molar-refractivity contribution is 0.292. The average molecular weight is 238 g/mol. The number of aliphatic hydroxyl groups excluding tert-OH is 1. The van der Waals surface area contributed by atoms with Gasteiger partial charge in [0.1, 0.15) is 18.0 Å². The van der Waals surface area contributed by atoms with Crippen LogP contribution in [0.5, 0.6) is 0 Å². The predicted molar refractivity (Wildman–Crippen MR) is 70.3 cm³/mol. The molecule has 0 aliphatic carbocycles. The molecule has 0 aliphatic rings. The van der Waals surface area contributed by atoms with E-state index in [4.69, 9.17) is 5.11 Å². The Bertz CT molecular complexity index is 330. The van der Waals surface area contributed by atoms with Gasteiger partial charge in [0.25, 0.3) is 0 Å². The van der Waals surface area contributed by atoms with Crippen molar-refractivity contribution in [2.24, 2.45) is 5.92 Å². The lowest BCUT2D eigenvalue weighted by Crippen LogP contribution is -2.23. The molecule has 0 bridgehead atoms. The van der Waals surface area contributed by atoms with Crippen molar-refractivity contribution in [3.8, 4) is 0 Å². The number of hydrogen-bond donors (Lipinski definition) is 2. The smallest absolute Gasteiger partial charge is 0.133 e. The molecule has 1 rings (SSSR count). The Morgan fingerprint density at radius 2 is 2.18 bits per heavy atom. The number of rotatable bonds is 7. The summed E-state index contributed by atoms with van der Waals surface area (Å²) in [6.45, 7) is 6.24. The number of nitrogens with zero attached hydrogens (tertiary/aromatic N) is 3. The summed E-state index contributed by atoms with van der Waals surface area (Å²) >= 11 is 0. The van der Waals surface area contributed by atoms with Crippen LogP contribution in [-0.2, 0) is 0 Å². The van der Waals surface area contributed by atoms with Gasteiger partial charge in [0.2, 0.25) is 0 Å². The van der Waals surface area contributed by atoms with Crippen molar-refractivity contribution in [1.82, 2.24) is 9.97 Å². The molecule has 0 unspecified atom stereocenters. The van der Waals surface area contributed by atoms with Crippen molar-refractivity contribution >= 4 is 11.6 Å². The molecule has 1 aromatic rings. The molecular formula is C12H22N4O. The summed E-state index contributed by atoms with van der Waals surface area (Å²) in [6, 6.07) is 1.93. The monoisotopic (exact) mass is 238 g/mol. The van der Waals surface area contributed by atoms with Crippen LogP contribution >= 0.6 is 0 Å². The number of aromatic nitrogens is 2. The molecule has 0 aromatic carbocycles. The second-order valence-corrected chi connectivity index (χ2v) is 4.54. The van der Waals surface area contributed by atoms with Gasteiger partial charge in [0, 0.05) is 32.8 Å². The molecule has 17 heavy (non-hydrogen) atoms. The molecule has 0 fully saturated rings. The molecular weight excluding hydrogens is 216 g/mol. The zero-order valence-corrected chi connectivity index (χ0v) is 10.8. The van der Waals surface area contributed by atoms with Gasteiger partial charge in [-0.15, -0.1) is 0 Å². The van der Waals surface area contributed by atoms with E-state index in [1.807, 2.05) is 13.1 Å². The first-order valence-corrected chi connectivity index (χ1v) is 6.01. The van der Waals surface area contributed by atoms with E-state index in [1.165, 1.54) is 0 Å². The summed E-state index contributed by atoms with van der Waals surface area (Å²) in [5.74, 6) is 2.32. The van der Waals surface area contributed by atoms with Crippen LogP contribution in [0.4, 0.5) is 11.6 Å². The van der Waals surface area contributed by atoms with Gasteiger partial charge in [-0.2, -0.15) is 0 Å². The average Bonchev–Trinajstić information content (AvgIpc) is 2.29. The van der Waals surface area contributed by atoms with Gasteiger partial charge in [-0.05, 0) is 12.3 Å². The van der Waals surface area contributed by atoms with Crippen LogP contribution in [0, 0.1) is 5.92 Å². The van der Waals surface area contributed by atoms with E-state index in [1.54, 1.807) is 6.33 Å². The standard InChI is InChI=1S/C12H22N4O/c1-10(2)8-16(3)12-7-11(14-9-15-12)13-5-4-6-17/h7,9-10,17H,4-6,8H2,1-3H3,(H,13,14,15). The number of anilines is 2. The molecule has 0 atom stereocenters.